The lowest BCUT2D eigenvalue weighted by atomic mass is 9.89. The maximum absolute atomic E-state index is 11.2. The van der Waals surface area contributed by atoms with E-state index in [2.05, 4.69) is 0 Å². The summed E-state index contributed by atoms with van der Waals surface area (Å²) in [6.45, 7) is 1.38. The number of hydrogen-bond acceptors (Lipinski definition) is 2. The number of likely N-dealkylation sites (tertiary alicyclic amines) is 1. The summed E-state index contributed by atoms with van der Waals surface area (Å²) < 4.78 is 0. The predicted octanol–water partition coefficient (Wildman–Crippen LogP) is 2.07. The second-order valence-electron chi connectivity index (χ2n) is 4.33. The Hall–Kier alpha value is -1.06. The molecule has 0 unspecified atom stereocenters. The average molecular weight is 240 g/mol. The molecule has 2 atom stereocenters. The van der Waals surface area contributed by atoms with Crippen molar-refractivity contribution in [1.82, 2.24) is 4.90 Å². The summed E-state index contributed by atoms with van der Waals surface area (Å²) in [5.74, 6) is -1.01. The molecule has 4 heteroatoms. The molecule has 0 spiro atoms. The Morgan fingerprint density at radius 3 is 2.88 bits per heavy atom. The summed E-state index contributed by atoms with van der Waals surface area (Å²) in [6, 6.07) is 7.49. The van der Waals surface area contributed by atoms with Crippen LogP contribution >= 0.6 is 11.6 Å². The van der Waals surface area contributed by atoms with Crippen LogP contribution in [-0.2, 0) is 4.79 Å². The summed E-state index contributed by atoms with van der Waals surface area (Å²) in [7, 11) is 1.94. The normalized spacial score (nSPS) is 25.9. The topological polar surface area (TPSA) is 40.5 Å². The minimum Gasteiger partial charge on any atom is -0.481 e. The van der Waals surface area contributed by atoms with Gasteiger partial charge in [0, 0.05) is 24.0 Å². The maximum Gasteiger partial charge on any atom is 0.308 e. The minimum atomic E-state index is -0.727. The van der Waals surface area contributed by atoms with Gasteiger partial charge in [0.2, 0.25) is 0 Å². The van der Waals surface area contributed by atoms with Gasteiger partial charge in [-0.05, 0) is 24.7 Å². The number of aliphatic carboxylic acids is 1. The van der Waals surface area contributed by atoms with Crippen LogP contribution in [0, 0.1) is 5.92 Å². The molecule has 86 valence electrons. The lowest BCUT2D eigenvalue weighted by molar-refractivity contribution is -0.141. The van der Waals surface area contributed by atoms with E-state index < -0.39 is 5.97 Å². The van der Waals surface area contributed by atoms with Crippen LogP contribution in [0.2, 0.25) is 5.02 Å². The van der Waals surface area contributed by atoms with Gasteiger partial charge >= 0.3 is 5.97 Å². The smallest absolute Gasteiger partial charge is 0.308 e. The zero-order valence-corrected chi connectivity index (χ0v) is 9.81. The molecule has 0 aromatic heterocycles. The molecule has 3 nitrogen and oxygen atoms in total. The number of carbonyl (C=O) groups is 1. The second kappa shape index (κ2) is 4.44. The van der Waals surface area contributed by atoms with Crippen molar-refractivity contribution in [2.24, 2.45) is 5.92 Å². The fraction of sp³-hybridized carbons (Fsp3) is 0.417. The Balaban J connectivity index is 2.28. The van der Waals surface area contributed by atoms with Crippen LogP contribution in [0.15, 0.2) is 24.3 Å². The number of rotatable bonds is 2. The van der Waals surface area contributed by atoms with Crippen LogP contribution < -0.4 is 0 Å². The highest BCUT2D eigenvalue weighted by atomic mass is 35.5. The molecule has 1 saturated heterocycles. The first-order chi connectivity index (χ1) is 7.58. The highest BCUT2D eigenvalue weighted by Crippen LogP contribution is 2.33. The van der Waals surface area contributed by atoms with Crippen LogP contribution in [0.5, 0.6) is 0 Å². The van der Waals surface area contributed by atoms with Crippen molar-refractivity contribution in [3.05, 3.63) is 34.9 Å². The first-order valence-corrected chi connectivity index (χ1v) is 5.62. The molecule has 0 aliphatic carbocycles. The van der Waals surface area contributed by atoms with Crippen molar-refractivity contribution >= 4 is 17.6 Å². The number of benzene rings is 1. The molecular formula is C12H14ClNO2. The Morgan fingerprint density at radius 2 is 2.25 bits per heavy atom. The van der Waals surface area contributed by atoms with E-state index in [0.717, 1.165) is 12.1 Å². The molecule has 1 aliphatic heterocycles. The van der Waals surface area contributed by atoms with Crippen molar-refractivity contribution in [3.8, 4) is 0 Å². The molecule has 0 amide bonds. The van der Waals surface area contributed by atoms with E-state index in [4.69, 9.17) is 11.6 Å². The minimum absolute atomic E-state index is 0.0428. The first-order valence-electron chi connectivity index (χ1n) is 5.24. The van der Waals surface area contributed by atoms with Gasteiger partial charge in [-0.1, -0.05) is 23.7 Å². The van der Waals surface area contributed by atoms with Gasteiger partial charge in [-0.3, -0.25) is 4.79 Å². The maximum atomic E-state index is 11.2. The summed E-state index contributed by atoms with van der Waals surface area (Å²) >= 11 is 5.93. The largest absolute Gasteiger partial charge is 0.481 e. The molecule has 1 heterocycles. The highest BCUT2D eigenvalue weighted by Gasteiger charge is 2.36. The van der Waals surface area contributed by atoms with Gasteiger partial charge in [0.1, 0.15) is 0 Å². The van der Waals surface area contributed by atoms with Gasteiger partial charge in [-0.25, -0.2) is 0 Å². The molecular weight excluding hydrogens is 226 g/mol. The van der Waals surface area contributed by atoms with Crippen molar-refractivity contribution in [1.29, 1.82) is 0 Å². The number of halogens is 1. The standard InChI is InChI=1S/C12H14ClNO2/c1-14-6-10(11(7-14)12(15)16)8-3-2-4-9(13)5-8/h2-5,10-11H,6-7H2,1H3,(H,15,16)/t10-,11-/m0/s1. The molecule has 0 saturated carbocycles. The third-order valence-corrected chi connectivity index (χ3v) is 3.33. The van der Waals surface area contributed by atoms with E-state index in [9.17, 15) is 9.90 Å². The first kappa shape index (κ1) is 11.4. The van der Waals surface area contributed by atoms with E-state index in [-0.39, 0.29) is 11.8 Å². The number of hydrogen-bond donors (Lipinski definition) is 1. The van der Waals surface area contributed by atoms with E-state index in [0.29, 0.717) is 11.6 Å². The second-order valence-corrected chi connectivity index (χ2v) is 4.76. The third kappa shape index (κ3) is 2.20. The van der Waals surface area contributed by atoms with Gasteiger partial charge in [0.15, 0.2) is 0 Å². The van der Waals surface area contributed by atoms with E-state index >= 15 is 0 Å². The van der Waals surface area contributed by atoms with Crippen LogP contribution in [0.3, 0.4) is 0 Å². The molecule has 1 N–H and O–H groups in total. The number of nitrogens with zero attached hydrogens (tertiary/aromatic N) is 1. The SMILES string of the molecule is CN1C[C@H](C(=O)O)[C@H](c2cccc(Cl)c2)C1. The van der Waals surface area contributed by atoms with Crippen molar-refractivity contribution < 1.29 is 9.90 Å². The Bertz CT molecular complexity index is 408. The van der Waals surface area contributed by atoms with Crippen LogP contribution in [0.4, 0.5) is 0 Å². The Morgan fingerprint density at radius 1 is 1.50 bits per heavy atom. The van der Waals surface area contributed by atoms with Gasteiger partial charge in [-0.15, -0.1) is 0 Å². The van der Waals surface area contributed by atoms with E-state index in [1.807, 2.05) is 30.1 Å². The summed E-state index contributed by atoms with van der Waals surface area (Å²) in [5, 5.41) is 9.84. The fourth-order valence-corrected chi connectivity index (χ4v) is 2.52. The monoisotopic (exact) mass is 239 g/mol. The molecule has 1 aromatic rings. The third-order valence-electron chi connectivity index (χ3n) is 3.10. The lowest BCUT2D eigenvalue weighted by Gasteiger charge is -2.15. The molecule has 1 fully saturated rings. The van der Waals surface area contributed by atoms with Crippen molar-refractivity contribution in [2.75, 3.05) is 20.1 Å². The summed E-state index contributed by atoms with van der Waals surface area (Å²) in [6.07, 6.45) is 0. The number of carboxylic acid groups (broad SMARTS) is 1. The zero-order valence-electron chi connectivity index (χ0n) is 9.06. The molecule has 0 radical (unpaired) electrons. The molecule has 16 heavy (non-hydrogen) atoms. The zero-order chi connectivity index (χ0) is 11.7. The van der Waals surface area contributed by atoms with Gasteiger partial charge in [0.25, 0.3) is 0 Å². The summed E-state index contributed by atoms with van der Waals surface area (Å²) in [4.78, 5) is 13.2. The predicted molar refractivity (Wildman–Crippen MR) is 62.8 cm³/mol. The Kier molecular flexibility index (Phi) is 3.17. The number of carboxylic acids is 1. The fourth-order valence-electron chi connectivity index (χ4n) is 2.33. The molecule has 1 aromatic carbocycles. The highest BCUT2D eigenvalue weighted by molar-refractivity contribution is 6.30. The van der Waals surface area contributed by atoms with Gasteiger partial charge < -0.3 is 10.0 Å². The number of likely N-dealkylation sites (N-methyl/N-ethyl adjacent to an activating group) is 1. The van der Waals surface area contributed by atoms with Gasteiger partial charge in [0.05, 0.1) is 5.92 Å². The molecule has 1 aliphatic rings. The van der Waals surface area contributed by atoms with E-state index in [1.54, 1.807) is 6.07 Å². The molecule has 0 bridgehead atoms. The quantitative estimate of drug-likeness (QED) is 0.859. The van der Waals surface area contributed by atoms with Gasteiger partial charge in [-0.2, -0.15) is 0 Å². The van der Waals surface area contributed by atoms with Crippen molar-refractivity contribution in [2.45, 2.75) is 5.92 Å². The van der Waals surface area contributed by atoms with Crippen LogP contribution in [0.25, 0.3) is 0 Å². The van der Waals surface area contributed by atoms with E-state index in [1.165, 1.54) is 0 Å². The lowest BCUT2D eigenvalue weighted by Crippen LogP contribution is -2.21. The average Bonchev–Trinajstić information content (AvgIpc) is 2.60. The summed E-state index contributed by atoms with van der Waals surface area (Å²) in [5.41, 5.74) is 1.02. The van der Waals surface area contributed by atoms with Crippen molar-refractivity contribution in [3.63, 3.8) is 0 Å². The molecule has 2 rings (SSSR count). The van der Waals surface area contributed by atoms with Crippen LogP contribution in [0.1, 0.15) is 11.5 Å². The Labute approximate surface area is 99.6 Å². The van der Waals surface area contributed by atoms with Crippen LogP contribution in [-0.4, -0.2) is 36.1 Å².